The van der Waals surface area contributed by atoms with E-state index in [-0.39, 0.29) is 17.7 Å². The summed E-state index contributed by atoms with van der Waals surface area (Å²) < 4.78 is 56.9. The van der Waals surface area contributed by atoms with Crippen LogP contribution in [0.2, 0.25) is 0 Å². The molecular weight excluding hydrogens is 382 g/mol. The number of amides is 3. The maximum absolute atomic E-state index is 13.1. The number of ether oxygens (including phenoxy) is 1. The van der Waals surface area contributed by atoms with Crippen LogP contribution in [0.25, 0.3) is 0 Å². The molecule has 0 atom stereocenters. The first-order valence-corrected chi connectivity index (χ1v) is 8.00. The minimum Gasteiger partial charge on any atom is -0.497 e. The van der Waals surface area contributed by atoms with Crippen LogP contribution >= 0.6 is 0 Å². The number of carbonyl (C=O) groups excluding carboxylic acids is 2. The van der Waals surface area contributed by atoms with Crippen LogP contribution in [0.1, 0.15) is 16.7 Å². The van der Waals surface area contributed by atoms with Gasteiger partial charge in [-0.1, -0.05) is 18.2 Å². The number of alkyl halides is 3. The van der Waals surface area contributed by atoms with Crippen molar-refractivity contribution in [2.24, 2.45) is 0 Å². The molecule has 28 heavy (non-hydrogen) atoms. The van der Waals surface area contributed by atoms with Crippen molar-refractivity contribution in [3.8, 4) is 5.75 Å². The zero-order chi connectivity index (χ0) is 20.7. The lowest BCUT2D eigenvalue weighted by atomic mass is 10.1. The Morgan fingerprint density at radius 3 is 2.32 bits per heavy atom. The summed E-state index contributed by atoms with van der Waals surface area (Å²) in [6, 6.07) is 7.68. The molecule has 0 aliphatic rings. The quantitative estimate of drug-likeness (QED) is 0.534. The van der Waals surface area contributed by atoms with Crippen LogP contribution < -0.4 is 20.9 Å². The van der Waals surface area contributed by atoms with Gasteiger partial charge in [0.2, 0.25) is 5.91 Å². The molecule has 10 heteroatoms. The monoisotopic (exact) mass is 399 g/mol. The summed E-state index contributed by atoms with van der Waals surface area (Å²) in [5.74, 6) is -0.991. The first kappa shape index (κ1) is 21.0. The minimum atomic E-state index is -4.62. The van der Waals surface area contributed by atoms with Gasteiger partial charge in [0, 0.05) is 6.54 Å². The highest BCUT2D eigenvalue weighted by Gasteiger charge is 2.33. The average molecular weight is 399 g/mol. The van der Waals surface area contributed by atoms with Crippen LogP contribution in [0.15, 0.2) is 42.5 Å². The third-order valence-corrected chi connectivity index (χ3v) is 3.66. The third kappa shape index (κ3) is 6.15. The Bertz CT molecular complexity index is 839. The molecule has 0 fully saturated rings. The highest BCUT2D eigenvalue weighted by Crippen LogP contribution is 2.34. The van der Waals surface area contributed by atoms with Crippen LogP contribution in [0.4, 0.5) is 22.4 Å². The predicted octanol–water partition coefficient (Wildman–Crippen LogP) is 2.93. The van der Waals surface area contributed by atoms with Crippen molar-refractivity contribution in [2.45, 2.75) is 19.1 Å². The minimum absolute atomic E-state index is 0.0357. The van der Waals surface area contributed by atoms with Gasteiger partial charge in [-0.2, -0.15) is 13.2 Å². The number of hydrogen-bond donors (Lipinski definition) is 3. The van der Waals surface area contributed by atoms with E-state index in [1.165, 1.54) is 43.5 Å². The second kappa shape index (κ2) is 9.07. The number of hydrogen-bond acceptors (Lipinski definition) is 3. The van der Waals surface area contributed by atoms with Crippen molar-refractivity contribution >= 4 is 11.9 Å². The maximum Gasteiger partial charge on any atom is 0.416 e. The van der Waals surface area contributed by atoms with Gasteiger partial charge < -0.3 is 10.1 Å². The Morgan fingerprint density at radius 2 is 1.71 bits per heavy atom. The average Bonchev–Trinajstić information content (AvgIpc) is 2.65. The topological polar surface area (TPSA) is 79.5 Å². The van der Waals surface area contributed by atoms with E-state index in [4.69, 9.17) is 4.74 Å². The van der Waals surface area contributed by atoms with Gasteiger partial charge in [-0.15, -0.1) is 0 Å². The van der Waals surface area contributed by atoms with Crippen LogP contribution in [0.5, 0.6) is 5.75 Å². The number of methoxy groups -OCH3 is 1. The lowest BCUT2D eigenvalue weighted by Crippen LogP contribution is -2.47. The number of urea groups is 1. The van der Waals surface area contributed by atoms with Gasteiger partial charge in [0.15, 0.2) is 0 Å². The SMILES string of the molecule is COc1ccc(CNC(=O)NNC(=O)Cc2ccc(F)cc2)c(C(F)(F)F)c1. The normalized spacial score (nSPS) is 10.9. The van der Waals surface area contributed by atoms with Crippen LogP contribution in [-0.2, 0) is 23.9 Å². The molecule has 2 aromatic rings. The molecule has 2 rings (SSSR count). The molecule has 0 aromatic heterocycles. The van der Waals surface area contributed by atoms with Gasteiger partial charge in [0.25, 0.3) is 0 Å². The second-order valence-electron chi connectivity index (χ2n) is 5.68. The number of nitrogens with one attached hydrogen (secondary N) is 3. The van der Waals surface area contributed by atoms with Gasteiger partial charge in [-0.25, -0.2) is 14.6 Å². The molecule has 0 saturated heterocycles. The summed E-state index contributed by atoms with van der Waals surface area (Å²) in [7, 11) is 1.25. The molecule has 2 aromatic carbocycles. The van der Waals surface area contributed by atoms with Crippen molar-refractivity contribution in [3.05, 3.63) is 65.0 Å². The lowest BCUT2D eigenvalue weighted by molar-refractivity contribution is -0.138. The molecule has 0 aliphatic heterocycles. The zero-order valence-corrected chi connectivity index (χ0v) is 14.7. The molecule has 150 valence electrons. The number of hydrazine groups is 1. The Balaban J connectivity index is 1.87. The van der Waals surface area contributed by atoms with E-state index in [1.807, 2.05) is 5.43 Å². The first-order valence-electron chi connectivity index (χ1n) is 8.00. The largest absolute Gasteiger partial charge is 0.497 e. The summed E-state index contributed by atoms with van der Waals surface area (Å²) in [6.07, 6.45) is -4.73. The molecule has 0 heterocycles. The number of carbonyl (C=O) groups is 2. The molecule has 0 aliphatic carbocycles. The summed E-state index contributed by atoms with van der Waals surface area (Å²) in [4.78, 5) is 23.4. The van der Waals surface area contributed by atoms with Crippen LogP contribution in [0, 0.1) is 5.82 Å². The summed E-state index contributed by atoms with van der Waals surface area (Å²) in [5, 5.41) is 2.22. The van der Waals surface area contributed by atoms with Gasteiger partial charge >= 0.3 is 12.2 Å². The number of rotatable bonds is 5. The van der Waals surface area contributed by atoms with Crippen molar-refractivity contribution in [3.63, 3.8) is 0 Å². The first-order chi connectivity index (χ1) is 13.2. The molecule has 0 unspecified atom stereocenters. The van der Waals surface area contributed by atoms with Gasteiger partial charge in [0.05, 0.1) is 19.1 Å². The van der Waals surface area contributed by atoms with Gasteiger partial charge in [-0.3, -0.25) is 10.2 Å². The highest BCUT2D eigenvalue weighted by molar-refractivity contribution is 5.82. The highest BCUT2D eigenvalue weighted by atomic mass is 19.4. The molecule has 0 bridgehead atoms. The molecule has 3 amide bonds. The Kier molecular flexibility index (Phi) is 6.80. The van der Waals surface area contributed by atoms with E-state index in [0.717, 1.165) is 6.07 Å². The van der Waals surface area contributed by atoms with Gasteiger partial charge in [-0.05, 0) is 35.4 Å². The van der Waals surface area contributed by atoms with Crippen molar-refractivity contribution in [1.82, 2.24) is 16.2 Å². The summed E-state index contributed by atoms with van der Waals surface area (Å²) >= 11 is 0. The molecule has 0 saturated carbocycles. The van der Waals surface area contributed by atoms with E-state index in [2.05, 4.69) is 10.7 Å². The lowest BCUT2D eigenvalue weighted by Gasteiger charge is -2.15. The molecule has 0 radical (unpaired) electrons. The van der Waals surface area contributed by atoms with Crippen molar-refractivity contribution < 1.29 is 31.9 Å². The third-order valence-electron chi connectivity index (χ3n) is 3.66. The predicted molar refractivity (Wildman–Crippen MR) is 91.6 cm³/mol. The van der Waals surface area contributed by atoms with Crippen molar-refractivity contribution in [2.75, 3.05) is 7.11 Å². The van der Waals surface area contributed by atoms with Gasteiger partial charge in [0.1, 0.15) is 11.6 Å². The fraction of sp³-hybridized carbons (Fsp3) is 0.222. The number of benzene rings is 2. The zero-order valence-electron chi connectivity index (χ0n) is 14.7. The smallest absolute Gasteiger partial charge is 0.416 e. The Hall–Kier alpha value is -3.30. The van der Waals surface area contributed by atoms with Crippen LogP contribution in [-0.4, -0.2) is 19.0 Å². The molecule has 0 spiro atoms. The van der Waals surface area contributed by atoms with E-state index in [9.17, 15) is 27.2 Å². The summed E-state index contributed by atoms with van der Waals surface area (Å²) in [5.41, 5.74) is 3.56. The molecule has 6 nitrogen and oxygen atoms in total. The van der Waals surface area contributed by atoms with Crippen molar-refractivity contribution in [1.29, 1.82) is 0 Å². The maximum atomic E-state index is 13.1. The van der Waals surface area contributed by atoms with Crippen LogP contribution in [0.3, 0.4) is 0 Å². The fourth-order valence-corrected chi connectivity index (χ4v) is 2.28. The summed E-state index contributed by atoms with van der Waals surface area (Å²) in [6.45, 7) is -0.418. The standard InChI is InChI=1S/C18H17F4N3O3/c1-28-14-7-4-12(15(9-14)18(20,21)22)10-23-17(27)25-24-16(26)8-11-2-5-13(19)6-3-11/h2-7,9H,8,10H2,1H3,(H,24,26)(H2,23,25,27). The fourth-order valence-electron chi connectivity index (χ4n) is 2.28. The Labute approximate surface area is 157 Å². The van der Waals surface area contributed by atoms with E-state index in [1.54, 1.807) is 0 Å². The van der Waals surface area contributed by atoms with E-state index in [0.29, 0.717) is 5.56 Å². The second-order valence-corrected chi connectivity index (χ2v) is 5.68. The molecular formula is C18H17F4N3O3. The van der Waals surface area contributed by atoms with E-state index >= 15 is 0 Å². The molecule has 3 N–H and O–H groups in total. The Morgan fingerprint density at radius 1 is 1.04 bits per heavy atom. The van der Waals surface area contributed by atoms with E-state index < -0.39 is 36.0 Å². The number of halogens is 4.